The Bertz CT molecular complexity index is 648. The van der Waals surface area contributed by atoms with Gasteiger partial charge in [0.25, 0.3) is 0 Å². The summed E-state index contributed by atoms with van der Waals surface area (Å²) in [5, 5.41) is 0. The predicted molar refractivity (Wildman–Crippen MR) is 78.8 cm³/mol. The van der Waals surface area contributed by atoms with Gasteiger partial charge in [-0.15, -0.1) is 0 Å². The average molecular weight is 265 g/mol. The second kappa shape index (κ2) is 5.21. The molecule has 3 rings (SSSR count). The fraction of sp³-hybridized carbons (Fsp3) is 0.200. The molecule has 1 unspecified atom stereocenters. The molecular formula is C15H15N5. The molecule has 0 saturated heterocycles. The van der Waals surface area contributed by atoms with Crippen molar-refractivity contribution in [3.63, 3.8) is 0 Å². The molecule has 0 aliphatic carbocycles. The molecule has 2 aromatic rings. The van der Waals surface area contributed by atoms with Crippen molar-refractivity contribution in [3.8, 4) is 0 Å². The summed E-state index contributed by atoms with van der Waals surface area (Å²) >= 11 is 0. The van der Waals surface area contributed by atoms with Crippen LogP contribution in [-0.2, 0) is 0 Å². The van der Waals surface area contributed by atoms with Crippen LogP contribution in [0, 0.1) is 0 Å². The van der Waals surface area contributed by atoms with Crippen LogP contribution in [0.3, 0.4) is 0 Å². The van der Waals surface area contributed by atoms with Crippen molar-refractivity contribution >= 4 is 11.7 Å². The summed E-state index contributed by atoms with van der Waals surface area (Å²) in [5.74, 6) is 1.59. The van der Waals surface area contributed by atoms with Gasteiger partial charge in [-0.1, -0.05) is 0 Å². The zero-order chi connectivity index (χ0) is 13.9. The summed E-state index contributed by atoms with van der Waals surface area (Å²) < 4.78 is 0. The Morgan fingerprint density at radius 3 is 2.25 bits per heavy atom. The van der Waals surface area contributed by atoms with E-state index in [-0.39, 0.29) is 6.17 Å². The van der Waals surface area contributed by atoms with Gasteiger partial charge in [-0.05, 0) is 31.2 Å². The Kier molecular flexibility index (Phi) is 3.25. The first-order chi connectivity index (χ1) is 9.75. The molecule has 0 fully saturated rings. The van der Waals surface area contributed by atoms with E-state index >= 15 is 0 Å². The van der Waals surface area contributed by atoms with E-state index < -0.39 is 0 Å². The lowest BCUT2D eigenvalue weighted by atomic mass is 10.2. The molecule has 0 N–H and O–H groups in total. The molecular weight excluding hydrogens is 250 g/mol. The molecule has 5 nitrogen and oxygen atoms in total. The molecule has 20 heavy (non-hydrogen) atoms. The van der Waals surface area contributed by atoms with Gasteiger partial charge in [0.2, 0.25) is 0 Å². The lowest BCUT2D eigenvalue weighted by Gasteiger charge is -2.29. The van der Waals surface area contributed by atoms with Crippen molar-refractivity contribution in [2.24, 2.45) is 9.98 Å². The summed E-state index contributed by atoms with van der Waals surface area (Å²) in [6, 6.07) is 7.77. The molecule has 1 aliphatic rings. The van der Waals surface area contributed by atoms with Crippen LogP contribution in [0.25, 0.3) is 0 Å². The van der Waals surface area contributed by atoms with E-state index in [0.717, 1.165) is 17.0 Å². The van der Waals surface area contributed by atoms with Gasteiger partial charge in [0.05, 0.1) is 0 Å². The zero-order valence-electron chi connectivity index (χ0n) is 11.4. The molecule has 0 aromatic carbocycles. The van der Waals surface area contributed by atoms with Gasteiger partial charge in [-0.2, -0.15) is 0 Å². The highest BCUT2D eigenvalue weighted by molar-refractivity contribution is 6.12. The minimum atomic E-state index is 0.0258. The maximum atomic E-state index is 4.67. The van der Waals surface area contributed by atoms with Gasteiger partial charge in [0.15, 0.2) is 5.84 Å². The third kappa shape index (κ3) is 2.30. The second-order valence-corrected chi connectivity index (χ2v) is 4.61. The number of amidine groups is 2. The third-order valence-corrected chi connectivity index (χ3v) is 3.25. The summed E-state index contributed by atoms with van der Waals surface area (Å²) in [7, 11) is 1.99. The lowest BCUT2D eigenvalue weighted by molar-refractivity contribution is 0.398. The van der Waals surface area contributed by atoms with Gasteiger partial charge < -0.3 is 4.90 Å². The van der Waals surface area contributed by atoms with Gasteiger partial charge in [0.1, 0.15) is 12.0 Å². The monoisotopic (exact) mass is 265 g/mol. The molecule has 0 amide bonds. The van der Waals surface area contributed by atoms with Crippen molar-refractivity contribution in [2.75, 3.05) is 7.05 Å². The van der Waals surface area contributed by atoms with Crippen molar-refractivity contribution in [2.45, 2.75) is 13.1 Å². The number of hydrogen-bond donors (Lipinski definition) is 0. The van der Waals surface area contributed by atoms with E-state index in [9.17, 15) is 0 Å². The smallest absolute Gasteiger partial charge is 0.160 e. The fourth-order valence-electron chi connectivity index (χ4n) is 2.05. The first-order valence-electron chi connectivity index (χ1n) is 6.46. The Morgan fingerprint density at radius 1 is 1.00 bits per heavy atom. The van der Waals surface area contributed by atoms with Crippen molar-refractivity contribution in [1.82, 2.24) is 14.9 Å². The number of nitrogens with zero attached hydrogens (tertiary/aromatic N) is 5. The highest BCUT2D eigenvalue weighted by atomic mass is 15.3. The number of hydrogen-bond acceptors (Lipinski definition) is 5. The zero-order valence-corrected chi connectivity index (χ0v) is 11.4. The van der Waals surface area contributed by atoms with E-state index in [1.165, 1.54) is 0 Å². The Morgan fingerprint density at radius 2 is 1.65 bits per heavy atom. The molecule has 0 spiro atoms. The quantitative estimate of drug-likeness (QED) is 0.834. The molecule has 0 bridgehead atoms. The van der Waals surface area contributed by atoms with Crippen LogP contribution in [0.15, 0.2) is 59.0 Å². The van der Waals surface area contributed by atoms with E-state index in [0.29, 0.717) is 5.84 Å². The fourth-order valence-corrected chi connectivity index (χ4v) is 2.05. The van der Waals surface area contributed by atoms with Gasteiger partial charge in [-0.25, -0.2) is 9.98 Å². The number of pyridine rings is 2. The first-order valence-corrected chi connectivity index (χ1v) is 6.46. The van der Waals surface area contributed by atoms with E-state index in [1.807, 2.05) is 49.3 Å². The van der Waals surface area contributed by atoms with Gasteiger partial charge in [-0.3, -0.25) is 9.97 Å². The average Bonchev–Trinajstić information content (AvgIpc) is 2.51. The summed E-state index contributed by atoms with van der Waals surface area (Å²) in [5.41, 5.74) is 1.91. The number of aromatic nitrogens is 2. The molecule has 5 heteroatoms. The maximum absolute atomic E-state index is 4.67. The summed E-state index contributed by atoms with van der Waals surface area (Å²) in [6.07, 6.45) is 7.12. The van der Waals surface area contributed by atoms with Gasteiger partial charge in [0, 0.05) is 43.0 Å². The van der Waals surface area contributed by atoms with Crippen LogP contribution in [0.2, 0.25) is 0 Å². The van der Waals surface area contributed by atoms with E-state index in [1.54, 1.807) is 18.6 Å². The number of aliphatic imine (C=N–C) groups is 2. The Labute approximate surface area is 117 Å². The normalized spacial score (nSPS) is 18.5. The molecule has 2 aromatic heterocycles. The molecule has 1 atom stereocenters. The van der Waals surface area contributed by atoms with Crippen LogP contribution < -0.4 is 0 Å². The summed E-state index contributed by atoms with van der Waals surface area (Å²) in [6.45, 7) is 2.04. The second-order valence-electron chi connectivity index (χ2n) is 4.61. The van der Waals surface area contributed by atoms with Crippen molar-refractivity contribution in [3.05, 3.63) is 60.2 Å². The van der Waals surface area contributed by atoms with Crippen LogP contribution >= 0.6 is 0 Å². The molecule has 0 saturated carbocycles. The third-order valence-electron chi connectivity index (χ3n) is 3.25. The van der Waals surface area contributed by atoms with Crippen LogP contribution in [0.5, 0.6) is 0 Å². The van der Waals surface area contributed by atoms with Crippen LogP contribution in [0.4, 0.5) is 0 Å². The molecule has 0 radical (unpaired) electrons. The van der Waals surface area contributed by atoms with Crippen LogP contribution in [-0.4, -0.2) is 39.8 Å². The van der Waals surface area contributed by atoms with E-state index in [2.05, 4.69) is 20.0 Å². The molecule has 1 aliphatic heterocycles. The predicted octanol–water partition coefficient (Wildman–Crippen LogP) is 1.96. The first kappa shape index (κ1) is 12.5. The SMILES string of the molecule is CC1N=C(c2cccnc2)N=C(c2cccnc2)N1C. The Balaban J connectivity index is 2.05. The number of rotatable bonds is 2. The van der Waals surface area contributed by atoms with Crippen molar-refractivity contribution < 1.29 is 0 Å². The van der Waals surface area contributed by atoms with E-state index in [4.69, 9.17) is 0 Å². The Hall–Kier alpha value is -2.56. The van der Waals surface area contributed by atoms with Gasteiger partial charge >= 0.3 is 0 Å². The molecule has 100 valence electrons. The van der Waals surface area contributed by atoms with Crippen LogP contribution in [0.1, 0.15) is 18.1 Å². The topological polar surface area (TPSA) is 53.7 Å². The largest absolute Gasteiger partial charge is 0.337 e. The highest BCUT2D eigenvalue weighted by Gasteiger charge is 2.21. The maximum Gasteiger partial charge on any atom is 0.160 e. The summed E-state index contributed by atoms with van der Waals surface area (Å²) in [4.78, 5) is 19.6. The lowest BCUT2D eigenvalue weighted by Crippen LogP contribution is -2.39. The standard InChI is InChI=1S/C15H15N5/c1-11-18-14(12-5-3-7-16-9-12)19-15(20(11)2)13-6-4-8-17-10-13/h3-11H,1-2H3. The highest BCUT2D eigenvalue weighted by Crippen LogP contribution is 2.16. The minimum absolute atomic E-state index is 0.0258. The minimum Gasteiger partial charge on any atom is -0.337 e. The van der Waals surface area contributed by atoms with Crippen molar-refractivity contribution in [1.29, 1.82) is 0 Å². The molecule has 3 heterocycles.